The van der Waals surface area contributed by atoms with Gasteiger partial charge in [-0.1, -0.05) is 19.8 Å². The number of hydrogen-bond donors (Lipinski definition) is 1. The number of benzene rings is 1. The summed E-state index contributed by atoms with van der Waals surface area (Å²) < 4.78 is 9.84. The molecule has 0 unspecified atom stereocenters. The van der Waals surface area contributed by atoms with Crippen molar-refractivity contribution in [1.29, 1.82) is 0 Å². The molecule has 1 heterocycles. The van der Waals surface area contributed by atoms with Crippen LogP contribution in [0.25, 0.3) is 0 Å². The lowest BCUT2D eigenvalue weighted by Crippen LogP contribution is -2.35. The quantitative estimate of drug-likeness (QED) is 0.300. The van der Waals surface area contributed by atoms with Crippen LogP contribution in [0.1, 0.15) is 42.6 Å². The van der Waals surface area contributed by atoms with Crippen LogP contribution in [0.5, 0.6) is 0 Å². The molecule has 10 heteroatoms. The van der Waals surface area contributed by atoms with Crippen LogP contribution in [-0.2, 0) is 11.3 Å². The molecule has 0 radical (unpaired) electrons. The van der Waals surface area contributed by atoms with Gasteiger partial charge in [0.1, 0.15) is 6.26 Å². The van der Waals surface area contributed by atoms with Gasteiger partial charge in [0.15, 0.2) is 5.69 Å². The van der Waals surface area contributed by atoms with Crippen LogP contribution in [0.15, 0.2) is 34.9 Å². The Balaban J connectivity index is 2.07. The third-order valence-electron chi connectivity index (χ3n) is 3.92. The number of ether oxygens (including phenoxy) is 1. The lowest BCUT2D eigenvalue weighted by atomic mass is 10.2. The molecule has 10 nitrogen and oxygen atoms in total. The van der Waals surface area contributed by atoms with E-state index >= 15 is 0 Å². The minimum Gasteiger partial charge on any atom is -0.464 e. The second-order valence-corrected chi connectivity index (χ2v) is 5.98. The maximum Gasteiger partial charge on any atom is 0.360 e. The van der Waals surface area contributed by atoms with Gasteiger partial charge < -0.3 is 19.4 Å². The smallest absolute Gasteiger partial charge is 0.360 e. The highest BCUT2D eigenvalue weighted by molar-refractivity contribution is 5.89. The zero-order valence-electron chi connectivity index (χ0n) is 15.7. The van der Waals surface area contributed by atoms with Gasteiger partial charge in [-0.25, -0.2) is 14.6 Å². The Bertz CT molecular complexity index is 818. The molecule has 1 N–H and O–H groups in total. The summed E-state index contributed by atoms with van der Waals surface area (Å²) in [6.45, 7) is 2.58. The summed E-state index contributed by atoms with van der Waals surface area (Å²) in [5, 5.41) is 13.4. The topological polar surface area (TPSA) is 128 Å². The molecule has 0 aliphatic heterocycles. The molecule has 0 aliphatic rings. The number of esters is 1. The number of nitro groups is 1. The van der Waals surface area contributed by atoms with Crippen molar-refractivity contribution in [3.05, 3.63) is 52.2 Å². The number of urea groups is 1. The summed E-state index contributed by atoms with van der Waals surface area (Å²) in [7, 11) is 1.24. The summed E-state index contributed by atoms with van der Waals surface area (Å²) in [6, 6.07) is 5.14. The number of nitrogens with one attached hydrogen (secondary N) is 1. The van der Waals surface area contributed by atoms with Crippen LogP contribution < -0.4 is 5.32 Å². The molecule has 1 aromatic heterocycles. The lowest BCUT2D eigenvalue weighted by molar-refractivity contribution is -0.384. The molecule has 2 aromatic rings. The largest absolute Gasteiger partial charge is 0.464 e. The van der Waals surface area contributed by atoms with Crippen molar-refractivity contribution in [2.24, 2.45) is 0 Å². The maximum atomic E-state index is 12.6. The molecule has 2 amide bonds. The van der Waals surface area contributed by atoms with Gasteiger partial charge >= 0.3 is 12.0 Å². The van der Waals surface area contributed by atoms with Crippen molar-refractivity contribution in [1.82, 2.24) is 9.88 Å². The molecular weight excluding hydrogens is 368 g/mol. The van der Waals surface area contributed by atoms with Crippen molar-refractivity contribution < 1.29 is 23.7 Å². The molecule has 0 atom stereocenters. The van der Waals surface area contributed by atoms with E-state index in [0.717, 1.165) is 19.3 Å². The minimum absolute atomic E-state index is 0.0294. The Labute approximate surface area is 161 Å². The Morgan fingerprint density at radius 1 is 1.29 bits per heavy atom. The predicted octanol–water partition coefficient (Wildman–Crippen LogP) is 3.59. The average Bonchev–Trinajstić information content (AvgIpc) is 3.15. The van der Waals surface area contributed by atoms with E-state index in [1.54, 1.807) is 0 Å². The second-order valence-electron chi connectivity index (χ2n) is 5.98. The normalized spacial score (nSPS) is 10.4. The molecule has 2 rings (SSSR count). The summed E-state index contributed by atoms with van der Waals surface area (Å²) in [6.07, 6.45) is 3.90. The molecule has 150 valence electrons. The third kappa shape index (κ3) is 5.79. The molecule has 1 aromatic carbocycles. The molecular formula is C18H22N4O6. The first-order valence-corrected chi connectivity index (χ1v) is 8.77. The zero-order valence-corrected chi connectivity index (χ0v) is 15.7. The maximum absolute atomic E-state index is 12.6. The SMILES string of the molecule is CCCCCN(Cc1nc(C(=O)OC)co1)C(=O)Nc1ccc([N+](=O)[O-])cc1. The number of carbonyl (C=O) groups is 2. The number of rotatable bonds is 9. The average molecular weight is 390 g/mol. The van der Waals surface area contributed by atoms with Crippen LogP contribution in [0.4, 0.5) is 16.2 Å². The number of aromatic nitrogens is 1. The molecule has 28 heavy (non-hydrogen) atoms. The van der Waals surface area contributed by atoms with E-state index in [2.05, 4.69) is 22.0 Å². The number of methoxy groups -OCH3 is 1. The summed E-state index contributed by atoms with van der Waals surface area (Å²) in [4.78, 5) is 39.9. The predicted molar refractivity (Wildman–Crippen MR) is 99.9 cm³/mol. The van der Waals surface area contributed by atoms with Gasteiger partial charge in [0.2, 0.25) is 5.89 Å². The number of nitro benzene ring substituents is 1. The monoisotopic (exact) mass is 390 g/mol. The van der Waals surface area contributed by atoms with Crippen molar-refractivity contribution in [2.45, 2.75) is 32.7 Å². The highest BCUT2D eigenvalue weighted by Crippen LogP contribution is 2.17. The van der Waals surface area contributed by atoms with E-state index < -0.39 is 16.9 Å². The number of unbranched alkanes of at least 4 members (excludes halogenated alkanes) is 2. The van der Waals surface area contributed by atoms with E-state index in [1.165, 1.54) is 42.5 Å². The molecule has 0 aliphatic carbocycles. The van der Waals surface area contributed by atoms with Gasteiger partial charge in [-0.05, 0) is 18.6 Å². The van der Waals surface area contributed by atoms with Gasteiger partial charge in [-0.2, -0.15) is 0 Å². The first-order valence-electron chi connectivity index (χ1n) is 8.77. The van der Waals surface area contributed by atoms with Crippen LogP contribution in [0.2, 0.25) is 0 Å². The van der Waals surface area contributed by atoms with E-state index in [-0.39, 0.29) is 23.8 Å². The Kier molecular flexibility index (Phi) is 7.49. The van der Waals surface area contributed by atoms with Gasteiger partial charge in [-0.3, -0.25) is 10.1 Å². The lowest BCUT2D eigenvalue weighted by Gasteiger charge is -2.21. The van der Waals surface area contributed by atoms with Crippen molar-refractivity contribution in [3.8, 4) is 0 Å². The van der Waals surface area contributed by atoms with Crippen LogP contribution in [0.3, 0.4) is 0 Å². The number of nitrogens with zero attached hydrogens (tertiary/aromatic N) is 3. The summed E-state index contributed by atoms with van der Waals surface area (Å²) in [5.74, 6) is -0.418. The van der Waals surface area contributed by atoms with Crippen molar-refractivity contribution in [3.63, 3.8) is 0 Å². The molecule has 0 saturated carbocycles. The van der Waals surface area contributed by atoms with Crippen LogP contribution in [-0.4, -0.2) is 40.5 Å². The van der Waals surface area contributed by atoms with E-state index in [1.807, 2.05) is 0 Å². The zero-order chi connectivity index (χ0) is 20.5. The number of anilines is 1. The summed E-state index contributed by atoms with van der Waals surface area (Å²) >= 11 is 0. The fraction of sp³-hybridized carbons (Fsp3) is 0.389. The van der Waals surface area contributed by atoms with E-state index in [4.69, 9.17) is 4.42 Å². The highest BCUT2D eigenvalue weighted by atomic mass is 16.6. The number of amides is 2. The molecule has 0 fully saturated rings. The van der Waals surface area contributed by atoms with Crippen LogP contribution in [0, 0.1) is 10.1 Å². The first kappa shape index (κ1) is 20.9. The first-order chi connectivity index (χ1) is 13.4. The second kappa shape index (κ2) is 10.0. The van der Waals surface area contributed by atoms with Gasteiger partial charge in [0.25, 0.3) is 5.69 Å². The molecule has 0 saturated heterocycles. The molecule has 0 bridgehead atoms. The number of non-ortho nitro benzene ring substituents is 1. The van der Waals surface area contributed by atoms with Gasteiger partial charge in [0, 0.05) is 24.4 Å². The van der Waals surface area contributed by atoms with Gasteiger partial charge in [0.05, 0.1) is 18.6 Å². The minimum atomic E-state index is -0.622. The Morgan fingerprint density at radius 2 is 2.00 bits per heavy atom. The fourth-order valence-corrected chi connectivity index (χ4v) is 2.42. The van der Waals surface area contributed by atoms with E-state index in [9.17, 15) is 19.7 Å². The number of oxazole rings is 1. The number of hydrogen-bond acceptors (Lipinski definition) is 7. The fourth-order valence-electron chi connectivity index (χ4n) is 2.42. The van der Waals surface area contributed by atoms with E-state index in [0.29, 0.717) is 12.2 Å². The standard InChI is InChI=1S/C18H22N4O6/c1-3-4-5-10-21(11-16-20-15(12-28-16)17(23)27-2)18(24)19-13-6-8-14(9-7-13)22(25)26/h6-9,12H,3-5,10-11H2,1-2H3,(H,19,24). The van der Waals surface area contributed by atoms with Crippen molar-refractivity contribution >= 4 is 23.4 Å². The van der Waals surface area contributed by atoms with Crippen LogP contribution >= 0.6 is 0 Å². The Morgan fingerprint density at radius 3 is 2.61 bits per heavy atom. The molecule has 0 spiro atoms. The summed E-state index contributed by atoms with van der Waals surface area (Å²) in [5.41, 5.74) is 0.397. The number of carbonyl (C=O) groups excluding carboxylic acids is 2. The third-order valence-corrected chi connectivity index (χ3v) is 3.92. The Hall–Kier alpha value is -3.43. The van der Waals surface area contributed by atoms with Gasteiger partial charge in [-0.15, -0.1) is 0 Å². The van der Waals surface area contributed by atoms with Crippen molar-refractivity contribution in [2.75, 3.05) is 19.0 Å². The highest BCUT2D eigenvalue weighted by Gasteiger charge is 2.19.